The molecule has 2 aliphatic rings. The second-order valence-corrected chi connectivity index (χ2v) is 8.83. The molecule has 1 saturated carbocycles. The summed E-state index contributed by atoms with van der Waals surface area (Å²) >= 11 is 1.65. The number of morpholine rings is 1. The summed E-state index contributed by atoms with van der Waals surface area (Å²) < 4.78 is 6.54. The van der Waals surface area contributed by atoms with Crippen LogP contribution in [0, 0.1) is 5.92 Å². The number of nitrogens with two attached hydrogens (primary N) is 1. The molecule has 1 amide bonds. The highest BCUT2D eigenvalue weighted by Crippen LogP contribution is 2.36. The number of hydrogen-bond donors (Lipinski definition) is 1. The van der Waals surface area contributed by atoms with Crippen molar-refractivity contribution in [3.63, 3.8) is 0 Å². The van der Waals surface area contributed by atoms with Crippen molar-refractivity contribution in [1.29, 1.82) is 0 Å². The maximum absolute atomic E-state index is 12.4. The van der Waals surface area contributed by atoms with Gasteiger partial charge in [0.25, 0.3) is 0 Å². The van der Waals surface area contributed by atoms with E-state index < -0.39 is 0 Å². The highest BCUT2D eigenvalue weighted by Gasteiger charge is 2.32. The van der Waals surface area contributed by atoms with Crippen LogP contribution in [0.5, 0.6) is 0 Å². The molecule has 0 unspecified atom stereocenters. The Balaban J connectivity index is 1.53. The highest BCUT2D eigenvalue weighted by atomic mass is 32.1. The number of nitrogen functional groups attached to an aromatic ring is 1. The third kappa shape index (κ3) is 3.80. The predicted octanol–water partition coefficient (Wildman–Crippen LogP) is 1.94. The number of thiophene rings is 1. The van der Waals surface area contributed by atoms with Crippen LogP contribution in [0.1, 0.15) is 17.7 Å². The maximum Gasteiger partial charge on any atom is 0.225 e. The molecule has 0 bridgehead atoms. The Morgan fingerprint density at radius 1 is 1.27 bits per heavy atom. The number of fused-ring (bicyclic) bond motifs is 1. The van der Waals surface area contributed by atoms with Crippen LogP contribution in [0.3, 0.4) is 0 Å². The average Bonchev–Trinajstić information content (AvgIpc) is 3.53. The summed E-state index contributed by atoms with van der Waals surface area (Å²) in [4.78, 5) is 35.3. The molecule has 0 spiro atoms. The number of rotatable bonds is 5. The van der Waals surface area contributed by atoms with E-state index in [2.05, 4.69) is 20.9 Å². The predicted molar refractivity (Wildman–Crippen MR) is 115 cm³/mol. The standard InChI is InChI=1S/C20H23N7O2S/c1-26(19(28)12-2-3-12)11-14-8-15-16(30-14)18(27-4-6-29-7-5-27)25-17(24-15)13-9-22-20(21)23-10-13/h8-10,12H,2-7,11H2,1H3,(H2,21,22,23). The van der Waals surface area contributed by atoms with E-state index in [0.29, 0.717) is 25.6 Å². The molecule has 30 heavy (non-hydrogen) atoms. The van der Waals surface area contributed by atoms with Crippen LogP contribution in [0.25, 0.3) is 21.6 Å². The van der Waals surface area contributed by atoms with Crippen molar-refractivity contribution < 1.29 is 9.53 Å². The first kappa shape index (κ1) is 19.1. The number of nitrogens with zero attached hydrogens (tertiary/aromatic N) is 6. The SMILES string of the molecule is CN(Cc1cc2nc(-c3cnc(N)nc3)nc(N3CCOCC3)c2s1)C(=O)C1CC1. The summed E-state index contributed by atoms with van der Waals surface area (Å²) in [5.74, 6) is 2.12. The van der Waals surface area contributed by atoms with Crippen LogP contribution in [0.15, 0.2) is 18.5 Å². The summed E-state index contributed by atoms with van der Waals surface area (Å²) in [5.41, 5.74) is 7.21. The summed E-state index contributed by atoms with van der Waals surface area (Å²) in [5, 5.41) is 0. The van der Waals surface area contributed by atoms with E-state index >= 15 is 0 Å². The summed E-state index contributed by atoms with van der Waals surface area (Å²) in [6.07, 6.45) is 5.30. The molecule has 156 valence electrons. The zero-order chi connectivity index (χ0) is 20.7. The van der Waals surface area contributed by atoms with Crippen molar-refractivity contribution in [2.45, 2.75) is 19.4 Å². The van der Waals surface area contributed by atoms with Gasteiger partial charge in [-0.1, -0.05) is 0 Å². The van der Waals surface area contributed by atoms with E-state index in [1.165, 1.54) is 0 Å². The van der Waals surface area contributed by atoms with Crippen molar-refractivity contribution in [1.82, 2.24) is 24.8 Å². The van der Waals surface area contributed by atoms with Gasteiger partial charge in [0, 0.05) is 43.3 Å². The van der Waals surface area contributed by atoms with Crippen molar-refractivity contribution in [2.24, 2.45) is 5.92 Å². The number of hydrogen-bond acceptors (Lipinski definition) is 9. The first-order valence-corrected chi connectivity index (χ1v) is 10.9. The molecule has 2 N–H and O–H groups in total. The van der Waals surface area contributed by atoms with Gasteiger partial charge in [0.1, 0.15) is 0 Å². The minimum atomic E-state index is 0.213. The van der Waals surface area contributed by atoms with Gasteiger partial charge in [-0.3, -0.25) is 4.79 Å². The van der Waals surface area contributed by atoms with Crippen LogP contribution >= 0.6 is 11.3 Å². The van der Waals surface area contributed by atoms with Gasteiger partial charge < -0.3 is 20.3 Å². The second-order valence-electron chi connectivity index (χ2n) is 7.70. The number of anilines is 2. The zero-order valence-electron chi connectivity index (χ0n) is 16.7. The van der Waals surface area contributed by atoms with E-state index in [4.69, 9.17) is 20.4 Å². The molecule has 1 aliphatic heterocycles. The molecule has 3 aromatic heterocycles. The highest BCUT2D eigenvalue weighted by molar-refractivity contribution is 7.19. The van der Waals surface area contributed by atoms with Crippen molar-refractivity contribution >= 4 is 39.2 Å². The molecular formula is C20H23N7O2S. The van der Waals surface area contributed by atoms with Crippen LogP contribution in [0.4, 0.5) is 11.8 Å². The maximum atomic E-state index is 12.4. The van der Waals surface area contributed by atoms with Gasteiger partial charge in [-0.15, -0.1) is 11.3 Å². The largest absolute Gasteiger partial charge is 0.378 e. The lowest BCUT2D eigenvalue weighted by Gasteiger charge is -2.28. The van der Waals surface area contributed by atoms with Gasteiger partial charge in [0.05, 0.1) is 35.5 Å². The van der Waals surface area contributed by atoms with Crippen molar-refractivity contribution in [2.75, 3.05) is 44.0 Å². The van der Waals surface area contributed by atoms with Gasteiger partial charge in [-0.25, -0.2) is 19.9 Å². The third-order valence-corrected chi connectivity index (χ3v) is 6.45. The molecule has 1 aliphatic carbocycles. The Morgan fingerprint density at radius 3 is 2.70 bits per heavy atom. The van der Waals surface area contributed by atoms with Gasteiger partial charge in [-0.2, -0.15) is 0 Å². The Hall–Kier alpha value is -2.85. The smallest absolute Gasteiger partial charge is 0.225 e. The molecule has 1 saturated heterocycles. The van der Waals surface area contributed by atoms with E-state index in [0.717, 1.165) is 52.4 Å². The topological polar surface area (TPSA) is 110 Å². The normalized spacial score (nSPS) is 16.8. The van der Waals surface area contributed by atoms with Gasteiger partial charge in [-0.05, 0) is 18.9 Å². The zero-order valence-corrected chi connectivity index (χ0v) is 17.6. The molecule has 0 radical (unpaired) electrons. The quantitative estimate of drug-likeness (QED) is 0.660. The van der Waals surface area contributed by atoms with Crippen molar-refractivity contribution in [3.05, 3.63) is 23.3 Å². The van der Waals surface area contributed by atoms with E-state index in [-0.39, 0.29) is 17.8 Å². The minimum Gasteiger partial charge on any atom is -0.378 e. The second kappa shape index (κ2) is 7.77. The molecular weight excluding hydrogens is 402 g/mol. The number of carbonyl (C=O) groups is 1. The first-order chi connectivity index (χ1) is 14.6. The number of amides is 1. The van der Waals surface area contributed by atoms with Gasteiger partial charge >= 0.3 is 0 Å². The Morgan fingerprint density at radius 2 is 2.00 bits per heavy atom. The lowest BCUT2D eigenvalue weighted by Crippen LogP contribution is -2.36. The summed E-state index contributed by atoms with van der Waals surface area (Å²) in [6, 6.07) is 2.06. The Labute approximate surface area is 177 Å². The van der Waals surface area contributed by atoms with Gasteiger partial charge in [0.15, 0.2) is 11.6 Å². The van der Waals surface area contributed by atoms with E-state index in [1.54, 1.807) is 23.7 Å². The van der Waals surface area contributed by atoms with Crippen LogP contribution in [0.2, 0.25) is 0 Å². The number of ether oxygens (including phenoxy) is 1. The Bertz CT molecular complexity index is 1070. The lowest BCUT2D eigenvalue weighted by atomic mass is 10.3. The van der Waals surface area contributed by atoms with E-state index in [9.17, 15) is 4.79 Å². The third-order valence-electron chi connectivity index (χ3n) is 5.34. The first-order valence-electron chi connectivity index (χ1n) is 10.0. The molecule has 4 heterocycles. The fraction of sp³-hybridized carbons (Fsp3) is 0.450. The van der Waals surface area contributed by atoms with E-state index in [1.807, 2.05) is 11.9 Å². The fourth-order valence-corrected chi connectivity index (χ4v) is 4.73. The number of carbonyl (C=O) groups excluding carboxylic acids is 1. The molecule has 10 heteroatoms. The van der Waals surface area contributed by atoms with Crippen LogP contribution < -0.4 is 10.6 Å². The van der Waals surface area contributed by atoms with Crippen molar-refractivity contribution in [3.8, 4) is 11.4 Å². The average molecular weight is 426 g/mol. The number of aromatic nitrogens is 4. The molecule has 9 nitrogen and oxygen atoms in total. The minimum absolute atomic E-state index is 0.213. The molecule has 2 fully saturated rings. The molecule has 0 atom stereocenters. The molecule has 3 aromatic rings. The molecule has 5 rings (SSSR count). The monoisotopic (exact) mass is 425 g/mol. The lowest BCUT2D eigenvalue weighted by molar-refractivity contribution is -0.131. The fourth-order valence-electron chi connectivity index (χ4n) is 3.57. The van der Waals surface area contributed by atoms with Crippen LogP contribution in [-0.2, 0) is 16.1 Å². The Kier molecular flexibility index (Phi) is 4.95. The summed E-state index contributed by atoms with van der Waals surface area (Å²) in [7, 11) is 1.87. The van der Waals surface area contributed by atoms with Gasteiger partial charge in [0.2, 0.25) is 11.9 Å². The molecule has 0 aromatic carbocycles. The van der Waals surface area contributed by atoms with Crippen LogP contribution in [-0.4, -0.2) is 64.1 Å². The summed E-state index contributed by atoms with van der Waals surface area (Å²) in [6.45, 7) is 3.47.